The van der Waals surface area contributed by atoms with Crippen molar-refractivity contribution in [2.24, 2.45) is 7.05 Å². The van der Waals surface area contributed by atoms with Gasteiger partial charge in [-0.1, -0.05) is 0 Å². The zero-order chi connectivity index (χ0) is 12.5. The maximum atomic E-state index is 5.89. The number of nitrogens with zero attached hydrogens (tertiary/aromatic N) is 2. The zero-order valence-corrected chi connectivity index (χ0v) is 10.7. The van der Waals surface area contributed by atoms with Gasteiger partial charge in [0.15, 0.2) is 0 Å². The van der Waals surface area contributed by atoms with Crippen LogP contribution in [0.25, 0.3) is 10.9 Å². The molecule has 0 atom stereocenters. The van der Waals surface area contributed by atoms with E-state index >= 15 is 0 Å². The van der Waals surface area contributed by atoms with Crippen molar-refractivity contribution < 1.29 is 4.74 Å². The molecular weight excluding hydrogens is 226 g/mol. The smallest absolute Gasteiger partial charge is 0.0594 e. The second-order valence-electron chi connectivity index (χ2n) is 4.93. The Morgan fingerprint density at radius 1 is 1.28 bits per heavy atom. The van der Waals surface area contributed by atoms with Gasteiger partial charge in [-0.15, -0.1) is 0 Å². The number of morpholine rings is 1. The Bertz CT molecular complexity index is 555. The molecule has 1 aliphatic heterocycles. The number of nitrogens with two attached hydrogens (primary N) is 1. The molecule has 18 heavy (non-hydrogen) atoms. The summed E-state index contributed by atoms with van der Waals surface area (Å²) in [7, 11) is 2.08. The van der Waals surface area contributed by atoms with Gasteiger partial charge >= 0.3 is 0 Å². The van der Waals surface area contributed by atoms with Crippen LogP contribution in [-0.2, 0) is 18.3 Å². The van der Waals surface area contributed by atoms with Gasteiger partial charge in [-0.2, -0.15) is 0 Å². The average molecular weight is 245 g/mol. The van der Waals surface area contributed by atoms with Crippen molar-refractivity contribution in [3.8, 4) is 0 Å². The first-order chi connectivity index (χ1) is 8.74. The van der Waals surface area contributed by atoms with Gasteiger partial charge < -0.3 is 15.0 Å². The van der Waals surface area contributed by atoms with Gasteiger partial charge in [-0.25, -0.2) is 0 Å². The molecule has 3 rings (SSSR count). The van der Waals surface area contributed by atoms with E-state index in [4.69, 9.17) is 10.5 Å². The Balaban J connectivity index is 1.93. The fourth-order valence-corrected chi connectivity index (χ4v) is 2.62. The number of aryl methyl sites for hydroxylation is 1. The number of hydrogen-bond acceptors (Lipinski definition) is 3. The normalized spacial score (nSPS) is 17.4. The summed E-state index contributed by atoms with van der Waals surface area (Å²) in [6, 6.07) is 6.12. The first kappa shape index (κ1) is 11.6. The van der Waals surface area contributed by atoms with Crippen LogP contribution in [0.15, 0.2) is 24.4 Å². The molecule has 4 heteroatoms. The molecule has 1 saturated heterocycles. The molecule has 1 fully saturated rings. The van der Waals surface area contributed by atoms with E-state index in [1.54, 1.807) is 0 Å². The fourth-order valence-electron chi connectivity index (χ4n) is 2.62. The van der Waals surface area contributed by atoms with Crippen molar-refractivity contribution in [2.75, 3.05) is 32.0 Å². The molecule has 1 aromatic carbocycles. The van der Waals surface area contributed by atoms with Crippen molar-refractivity contribution in [3.05, 3.63) is 30.0 Å². The first-order valence-corrected chi connectivity index (χ1v) is 6.37. The lowest BCUT2D eigenvalue weighted by atomic mass is 10.1. The quantitative estimate of drug-likeness (QED) is 0.817. The van der Waals surface area contributed by atoms with Gasteiger partial charge in [0.05, 0.1) is 13.2 Å². The Hall–Kier alpha value is -1.52. The summed E-state index contributed by atoms with van der Waals surface area (Å²) in [5.41, 5.74) is 9.31. The topological polar surface area (TPSA) is 43.4 Å². The van der Waals surface area contributed by atoms with Crippen LogP contribution in [0.2, 0.25) is 0 Å². The summed E-state index contributed by atoms with van der Waals surface area (Å²) in [5, 5.41) is 1.27. The van der Waals surface area contributed by atoms with Gasteiger partial charge in [0.1, 0.15) is 0 Å². The summed E-state index contributed by atoms with van der Waals surface area (Å²) < 4.78 is 7.55. The largest absolute Gasteiger partial charge is 0.399 e. The number of rotatable bonds is 2. The summed E-state index contributed by atoms with van der Waals surface area (Å²) in [4.78, 5) is 2.43. The van der Waals surface area contributed by atoms with E-state index in [2.05, 4.69) is 34.8 Å². The number of fused-ring (bicyclic) bond motifs is 1. The highest BCUT2D eigenvalue weighted by molar-refractivity contribution is 5.86. The number of aromatic nitrogens is 1. The molecule has 0 spiro atoms. The fraction of sp³-hybridized carbons (Fsp3) is 0.429. The van der Waals surface area contributed by atoms with Gasteiger partial charge in [0.25, 0.3) is 0 Å². The third kappa shape index (κ3) is 2.09. The molecule has 0 aliphatic carbocycles. The first-order valence-electron chi connectivity index (χ1n) is 6.37. The van der Waals surface area contributed by atoms with E-state index in [9.17, 15) is 0 Å². The van der Waals surface area contributed by atoms with Crippen LogP contribution in [-0.4, -0.2) is 35.8 Å². The van der Waals surface area contributed by atoms with Crippen LogP contribution >= 0.6 is 0 Å². The van der Waals surface area contributed by atoms with Crippen LogP contribution in [0.4, 0.5) is 5.69 Å². The molecule has 0 unspecified atom stereocenters. The standard InChI is InChI=1S/C14H19N3O/c1-16-9-11(10-17-4-6-18-7-5-17)13-8-12(15)2-3-14(13)16/h2-3,8-9H,4-7,10,15H2,1H3. The highest BCUT2D eigenvalue weighted by Crippen LogP contribution is 2.24. The number of nitrogen functional groups attached to an aromatic ring is 1. The van der Waals surface area contributed by atoms with Crippen molar-refractivity contribution in [2.45, 2.75) is 6.54 Å². The number of ether oxygens (including phenoxy) is 1. The van der Waals surface area contributed by atoms with Crippen LogP contribution in [0, 0.1) is 0 Å². The Morgan fingerprint density at radius 2 is 2.06 bits per heavy atom. The molecule has 0 saturated carbocycles. The van der Waals surface area contributed by atoms with Crippen molar-refractivity contribution in [1.29, 1.82) is 0 Å². The van der Waals surface area contributed by atoms with Gasteiger partial charge in [-0.3, -0.25) is 4.90 Å². The molecule has 2 N–H and O–H groups in total. The molecule has 0 radical (unpaired) electrons. The molecule has 2 aromatic rings. The third-order valence-electron chi connectivity index (χ3n) is 3.59. The highest BCUT2D eigenvalue weighted by atomic mass is 16.5. The van der Waals surface area contributed by atoms with E-state index < -0.39 is 0 Å². The summed E-state index contributed by atoms with van der Waals surface area (Å²) >= 11 is 0. The predicted octanol–water partition coefficient (Wildman–Crippen LogP) is 1.59. The summed E-state index contributed by atoms with van der Waals surface area (Å²) in [6.07, 6.45) is 2.21. The predicted molar refractivity (Wildman–Crippen MR) is 73.4 cm³/mol. The maximum absolute atomic E-state index is 5.89. The number of benzene rings is 1. The lowest BCUT2D eigenvalue weighted by Gasteiger charge is -2.26. The lowest BCUT2D eigenvalue weighted by Crippen LogP contribution is -2.35. The molecule has 4 nitrogen and oxygen atoms in total. The van der Waals surface area contributed by atoms with E-state index in [1.807, 2.05) is 6.07 Å². The minimum atomic E-state index is 0.830. The Labute approximate surface area is 107 Å². The zero-order valence-electron chi connectivity index (χ0n) is 10.7. The van der Waals surface area contributed by atoms with E-state index in [1.165, 1.54) is 16.5 Å². The monoisotopic (exact) mass is 245 g/mol. The Kier molecular flexibility index (Phi) is 2.97. The van der Waals surface area contributed by atoms with Gasteiger partial charge in [0.2, 0.25) is 0 Å². The second kappa shape index (κ2) is 4.63. The minimum absolute atomic E-state index is 0.830. The molecule has 96 valence electrons. The average Bonchev–Trinajstić information content (AvgIpc) is 2.67. The minimum Gasteiger partial charge on any atom is -0.399 e. The van der Waals surface area contributed by atoms with E-state index in [-0.39, 0.29) is 0 Å². The van der Waals surface area contributed by atoms with Crippen LogP contribution < -0.4 is 5.73 Å². The number of hydrogen-bond donors (Lipinski definition) is 1. The molecule has 0 amide bonds. The molecule has 1 aliphatic rings. The molecule has 1 aromatic heterocycles. The molecular formula is C14H19N3O. The van der Waals surface area contributed by atoms with Crippen molar-refractivity contribution >= 4 is 16.6 Å². The summed E-state index contributed by atoms with van der Waals surface area (Å²) in [6.45, 7) is 4.68. The van der Waals surface area contributed by atoms with E-state index in [0.717, 1.165) is 38.5 Å². The second-order valence-corrected chi connectivity index (χ2v) is 4.93. The maximum Gasteiger partial charge on any atom is 0.0594 e. The van der Waals surface area contributed by atoms with Crippen LogP contribution in [0.1, 0.15) is 5.56 Å². The SMILES string of the molecule is Cn1cc(CN2CCOCC2)c2cc(N)ccc21. The molecule has 0 bridgehead atoms. The van der Waals surface area contributed by atoms with Gasteiger partial charge in [-0.05, 0) is 23.8 Å². The Morgan fingerprint density at radius 3 is 2.83 bits per heavy atom. The summed E-state index contributed by atoms with van der Waals surface area (Å²) in [5.74, 6) is 0. The van der Waals surface area contributed by atoms with Crippen molar-refractivity contribution in [1.82, 2.24) is 9.47 Å². The van der Waals surface area contributed by atoms with Crippen LogP contribution in [0.5, 0.6) is 0 Å². The van der Waals surface area contributed by atoms with Crippen molar-refractivity contribution in [3.63, 3.8) is 0 Å². The van der Waals surface area contributed by atoms with E-state index in [0.29, 0.717) is 0 Å². The number of anilines is 1. The third-order valence-corrected chi connectivity index (χ3v) is 3.59. The highest BCUT2D eigenvalue weighted by Gasteiger charge is 2.14. The lowest BCUT2D eigenvalue weighted by molar-refractivity contribution is 0.0343. The molecule has 2 heterocycles. The van der Waals surface area contributed by atoms with Gasteiger partial charge in [0, 0.05) is 49.5 Å². The van der Waals surface area contributed by atoms with Crippen LogP contribution in [0.3, 0.4) is 0 Å².